The molecule has 178 valence electrons. The summed E-state index contributed by atoms with van der Waals surface area (Å²) in [6.07, 6.45) is 0. The van der Waals surface area contributed by atoms with Gasteiger partial charge in [-0.05, 0) is 66.2 Å². The first kappa shape index (κ1) is 23.8. The number of carbonyl (C=O) groups excluding carboxylic acids is 2. The molecule has 0 spiro atoms. The molecule has 0 aliphatic rings. The normalized spacial score (nSPS) is 10.5. The molecule has 0 bridgehead atoms. The highest BCUT2D eigenvalue weighted by atomic mass is 35.5. The number of hydrogen-bond donors (Lipinski definition) is 2. The lowest BCUT2D eigenvalue weighted by atomic mass is 10.1. The first-order valence-corrected chi connectivity index (χ1v) is 10.9. The van der Waals surface area contributed by atoms with Gasteiger partial charge < -0.3 is 14.0 Å². The van der Waals surface area contributed by atoms with Crippen molar-refractivity contribution in [2.24, 2.45) is 0 Å². The fourth-order valence-electron chi connectivity index (χ4n) is 2.96. The fraction of sp³-hybridized carbons (Fsp3) is 0.120. The summed E-state index contributed by atoms with van der Waals surface area (Å²) in [7, 11) is 0. The van der Waals surface area contributed by atoms with Crippen LogP contribution in [0.5, 0.6) is 11.5 Å². The van der Waals surface area contributed by atoms with Crippen molar-refractivity contribution in [1.29, 1.82) is 0 Å². The van der Waals surface area contributed by atoms with E-state index in [0.717, 1.165) is 5.56 Å². The summed E-state index contributed by atoms with van der Waals surface area (Å²) in [5, 5.41) is 4.38. The molecular formula is C25H21ClN4O5. The molecule has 10 heteroatoms. The highest BCUT2D eigenvalue weighted by Crippen LogP contribution is 2.17. The third kappa shape index (κ3) is 6.81. The zero-order chi connectivity index (χ0) is 24.6. The van der Waals surface area contributed by atoms with Crippen molar-refractivity contribution in [2.45, 2.75) is 20.1 Å². The molecule has 1 aromatic heterocycles. The molecule has 0 atom stereocenters. The van der Waals surface area contributed by atoms with Crippen LogP contribution in [0.4, 0.5) is 0 Å². The van der Waals surface area contributed by atoms with E-state index < -0.39 is 11.8 Å². The second-order valence-corrected chi connectivity index (χ2v) is 7.83. The van der Waals surface area contributed by atoms with Gasteiger partial charge in [0.15, 0.2) is 6.61 Å². The number of amides is 2. The minimum absolute atomic E-state index is 0.144. The van der Waals surface area contributed by atoms with Crippen molar-refractivity contribution in [3.63, 3.8) is 0 Å². The standard InChI is InChI=1S/C25H21ClN4O5/c1-16-27-23(30-35-16)15-34-21-10-6-19(7-11-21)25(32)29-28-24(31)18-4-2-17(3-5-18)14-33-22-12-8-20(26)9-13-22/h2-13H,14-15H2,1H3,(H,28,31)(H,29,32). The smallest absolute Gasteiger partial charge is 0.269 e. The molecule has 4 rings (SSSR count). The van der Waals surface area contributed by atoms with Gasteiger partial charge in [0, 0.05) is 23.1 Å². The van der Waals surface area contributed by atoms with Crippen LogP contribution in [0.2, 0.25) is 5.02 Å². The maximum absolute atomic E-state index is 12.4. The lowest BCUT2D eigenvalue weighted by Crippen LogP contribution is -2.41. The summed E-state index contributed by atoms with van der Waals surface area (Å²) in [5.41, 5.74) is 6.42. The second kappa shape index (κ2) is 11.2. The first-order chi connectivity index (χ1) is 17.0. The van der Waals surface area contributed by atoms with E-state index in [1.165, 1.54) is 0 Å². The molecule has 0 saturated heterocycles. The molecule has 4 aromatic rings. The highest BCUT2D eigenvalue weighted by molar-refractivity contribution is 6.30. The van der Waals surface area contributed by atoms with Crippen LogP contribution in [-0.2, 0) is 13.2 Å². The summed E-state index contributed by atoms with van der Waals surface area (Å²) in [6.45, 7) is 2.18. The Morgan fingerprint density at radius 2 is 1.31 bits per heavy atom. The van der Waals surface area contributed by atoms with E-state index in [4.69, 9.17) is 25.6 Å². The summed E-state index contributed by atoms with van der Waals surface area (Å²) in [5.74, 6) is 1.20. The summed E-state index contributed by atoms with van der Waals surface area (Å²) in [4.78, 5) is 28.8. The molecule has 0 saturated carbocycles. The molecule has 3 aromatic carbocycles. The van der Waals surface area contributed by atoms with Crippen molar-refractivity contribution in [1.82, 2.24) is 21.0 Å². The Morgan fingerprint density at radius 1 is 0.800 bits per heavy atom. The maximum atomic E-state index is 12.4. The molecular weight excluding hydrogens is 472 g/mol. The lowest BCUT2D eigenvalue weighted by Gasteiger charge is -2.09. The largest absolute Gasteiger partial charge is 0.489 e. The van der Waals surface area contributed by atoms with E-state index in [2.05, 4.69) is 21.0 Å². The van der Waals surface area contributed by atoms with Crippen LogP contribution in [0.1, 0.15) is 38.0 Å². The van der Waals surface area contributed by atoms with E-state index in [-0.39, 0.29) is 6.61 Å². The summed E-state index contributed by atoms with van der Waals surface area (Å²) in [6, 6.07) is 20.3. The van der Waals surface area contributed by atoms with Gasteiger partial charge in [-0.2, -0.15) is 4.98 Å². The Bertz CT molecular complexity index is 1290. The number of carbonyl (C=O) groups is 2. The van der Waals surface area contributed by atoms with Crippen molar-refractivity contribution < 1.29 is 23.6 Å². The van der Waals surface area contributed by atoms with E-state index in [1.54, 1.807) is 79.7 Å². The number of rotatable bonds is 8. The Labute approximate surface area is 206 Å². The fourth-order valence-corrected chi connectivity index (χ4v) is 3.08. The van der Waals surface area contributed by atoms with Crippen LogP contribution >= 0.6 is 11.6 Å². The SMILES string of the molecule is Cc1nc(COc2ccc(C(=O)NNC(=O)c3ccc(COc4ccc(Cl)cc4)cc3)cc2)no1. The summed E-state index contributed by atoms with van der Waals surface area (Å²) < 4.78 is 16.1. The van der Waals surface area contributed by atoms with Gasteiger partial charge in [0.1, 0.15) is 18.1 Å². The van der Waals surface area contributed by atoms with Crippen molar-refractivity contribution in [2.75, 3.05) is 0 Å². The van der Waals surface area contributed by atoms with Gasteiger partial charge in [-0.15, -0.1) is 0 Å². The molecule has 2 amide bonds. The van der Waals surface area contributed by atoms with Crippen LogP contribution in [0, 0.1) is 6.92 Å². The monoisotopic (exact) mass is 492 g/mol. The number of benzene rings is 3. The maximum Gasteiger partial charge on any atom is 0.269 e. The van der Waals surface area contributed by atoms with E-state index in [1.807, 2.05) is 0 Å². The number of hydrogen-bond acceptors (Lipinski definition) is 7. The van der Waals surface area contributed by atoms with Crippen LogP contribution < -0.4 is 20.3 Å². The van der Waals surface area contributed by atoms with Crippen molar-refractivity contribution >= 4 is 23.4 Å². The Balaban J connectivity index is 1.23. The number of aromatic nitrogens is 2. The molecule has 0 unspecified atom stereocenters. The number of halogens is 1. The third-order valence-electron chi connectivity index (χ3n) is 4.78. The average molecular weight is 493 g/mol. The van der Waals surface area contributed by atoms with Gasteiger partial charge in [-0.1, -0.05) is 28.9 Å². The molecule has 2 N–H and O–H groups in total. The Hall–Kier alpha value is -4.37. The Kier molecular flexibility index (Phi) is 7.59. The number of nitrogens with one attached hydrogen (secondary N) is 2. The number of hydrazine groups is 1. The van der Waals surface area contributed by atoms with Gasteiger partial charge in [0.05, 0.1) is 0 Å². The minimum atomic E-state index is -0.466. The van der Waals surface area contributed by atoms with Crippen molar-refractivity contribution in [3.8, 4) is 11.5 Å². The number of aryl methyl sites for hydroxylation is 1. The first-order valence-electron chi connectivity index (χ1n) is 10.6. The van der Waals surface area contributed by atoms with Crippen LogP contribution in [0.25, 0.3) is 0 Å². The predicted molar refractivity (Wildman–Crippen MR) is 127 cm³/mol. The van der Waals surface area contributed by atoms with Crippen LogP contribution in [0.3, 0.4) is 0 Å². The zero-order valence-corrected chi connectivity index (χ0v) is 19.4. The average Bonchev–Trinajstić information content (AvgIpc) is 3.31. The van der Waals surface area contributed by atoms with E-state index in [0.29, 0.717) is 46.0 Å². The Morgan fingerprint density at radius 3 is 1.86 bits per heavy atom. The minimum Gasteiger partial charge on any atom is -0.489 e. The second-order valence-electron chi connectivity index (χ2n) is 7.39. The van der Waals surface area contributed by atoms with Gasteiger partial charge >= 0.3 is 0 Å². The third-order valence-corrected chi connectivity index (χ3v) is 5.03. The number of nitrogens with zero attached hydrogens (tertiary/aromatic N) is 2. The van der Waals surface area contributed by atoms with Gasteiger partial charge in [-0.3, -0.25) is 20.4 Å². The molecule has 0 radical (unpaired) electrons. The quantitative estimate of drug-likeness (QED) is 0.353. The topological polar surface area (TPSA) is 116 Å². The molecule has 35 heavy (non-hydrogen) atoms. The highest BCUT2D eigenvalue weighted by Gasteiger charge is 2.10. The van der Waals surface area contributed by atoms with Gasteiger partial charge in [0.25, 0.3) is 11.8 Å². The van der Waals surface area contributed by atoms with Gasteiger partial charge in [0.2, 0.25) is 11.7 Å². The van der Waals surface area contributed by atoms with E-state index in [9.17, 15) is 9.59 Å². The van der Waals surface area contributed by atoms with Crippen molar-refractivity contribution in [3.05, 3.63) is 106 Å². The molecule has 0 fully saturated rings. The molecule has 9 nitrogen and oxygen atoms in total. The number of ether oxygens (including phenoxy) is 2. The molecule has 0 aliphatic heterocycles. The van der Waals surface area contributed by atoms with E-state index >= 15 is 0 Å². The van der Waals surface area contributed by atoms with Gasteiger partial charge in [-0.25, -0.2) is 0 Å². The molecule has 0 aliphatic carbocycles. The lowest BCUT2D eigenvalue weighted by molar-refractivity contribution is 0.0846. The molecule has 1 heterocycles. The predicted octanol–water partition coefficient (Wildman–Crippen LogP) is 4.26. The van der Waals surface area contributed by atoms with Crippen LogP contribution in [0.15, 0.2) is 77.3 Å². The van der Waals surface area contributed by atoms with Crippen LogP contribution in [-0.4, -0.2) is 22.0 Å². The zero-order valence-electron chi connectivity index (χ0n) is 18.7. The summed E-state index contributed by atoms with van der Waals surface area (Å²) >= 11 is 5.86.